The van der Waals surface area contributed by atoms with Gasteiger partial charge in [-0.2, -0.15) is 0 Å². The zero-order valence-corrected chi connectivity index (χ0v) is 16.5. The van der Waals surface area contributed by atoms with E-state index in [0.717, 1.165) is 0 Å². The van der Waals surface area contributed by atoms with Gasteiger partial charge in [-0.3, -0.25) is 24.0 Å². The quantitative estimate of drug-likeness (QED) is 0.301. The Balaban J connectivity index is 3.33. The average Bonchev–Trinajstić information content (AvgIpc) is 2.96. The maximum Gasteiger partial charge on any atom is 0.320 e. The summed E-state index contributed by atoms with van der Waals surface area (Å²) in [5.41, 5.74) is 0.305. The van der Waals surface area contributed by atoms with Gasteiger partial charge in [-0.1, -0.05) is 5.57 Å². The Morgan fingerprint density at radius 1 is 0.964 bits per heavy atom. The number of carbonyl (C=O) groups is 5. The third-order valence-corrected chi connectivity index (χ3v) is 4.25. The van der Waals surface area contributed by atoms with E-state index in [4.69, 9.17) is 14.2 Å². The van der Waals surface area contributed by atoms with Gasteiger partial charge in [0.2, 0.25) is 0 Å². The van der Waals surface area contributed by atoms with Crippen molar-refractivity contribution in [1.82, 2.24) is 0 Å². The number of ether oxygens (including phenoxy) is 4. The second-order valence-electron chi connectivity index (χ2n) is 5.94. The molecule has 0 N–H and O–H groups in total. The van der Waals surface area contributed by atoms with Gasteiger partial charge in [0.15, 0.2) is 11.7 Å². The van der Waals surface area contributed by atoms with E-state index in [-0.39, 0.29) is 32.7 Å². The topological polar surface area (TPSA) is 122 Å². The first-order valence-electron chi connectivity index (χ1n) is 9.13. The van der Waals surface area contributed by atoms with E-state index < -0.39 is 47.4 Å². The summed E-state index contributed by atoms with van der Waals surface area (Å²) in [6.45, 7) is 4.73. The maximum absolute atomic E-state index is 12.5. The number of hydrogen-bond acceptors (Lipinski definition) is 9. The molecule has 2 atom stereocenters. The van der Waals surface area contributed by atoms with Crippen molar-refractivity contribution in [2.24, 2.45) is 17.8 Å². The minimum absolute atomic E-state index is 0.000681. The Morgan fingerprint density at radius 2 is 1.50 bits per heavy atom. The Hall–Kier alpha value is -2.71. The van der Waals surface area contributed by atoms with Crippen LogP contribution in [0.1, 0.15) is 33.6 Å². The van der Waals surface area contributed by atoms with Gasteiger partial charge >= 0.3 is 23.9 Å². The normalized spacial score (nSPS) is 18.5. The monoisotopic (exact) mass is 398 g/mol. The Bertz CT molecular complexity index is 632. The number of ketones is 1. The van der Waals surface area contributed by atoms with Gasteiger partial charge in [-0.05, 0) is 33.3 Å². The van der Waals surface area contributed by atoms with Crippen LogP contribution in [0.2, 0.25) is 0 Å². The van der Waals surface area contributed by atoms with Crippen LogP contribution in [0.5, 0.6) is 0 Å². The zero-order valence-electron chi connectivity index (χ0n) is 16.5. The predicted octanol–water partition coefficient (Wildman–Crippen LogP) is 0.987. The lowest BCUT2D eigenvalue weighted by Crippen LogP contribution is -2.41. The SMILES string of the molecule is CCOC(=O)C(C(=O)OCC)[C@@H]1C(CCC(=O)OC)=CC(=O)[C@H]1C(=O)OCC. The standard InChI is InChI=1S/C19H26O9/c1-5-26-17(22)15-12(20)10-11(8-9-13(21)25-4)14(15)16(18(23)27-6-2)19(24)28-7-3/h10,14-16H,5-9H2,1-4H3/t14-,15-/m1/s1. The first-order valence-corrected chi connectivity index (χ1v) is 9.13. The number of methoxy groups -OCH3 is 1. The molecule has 9 nitrogen and oxygen atoms in total. The third-order valence-electron chi connectivity index (χ3n) is 4.25. The van der Waals surface area contributed by atoms with Crippen molar-refractivity contribution in [2.45, 2.75) is 33.6 Å². The predicted molar refractivity (Wildman–Crippen MR) is 94.7 cm³/mol. The minimum atomic E-state index is -1.52. The van der Waals surface area contributed by atoms with E-state index in [2.05, 4.69) is 4.74 Å². The highest BCUT2D eigenvalue weighted by Gasteiger charge is 2.52. The molecule has 0 aromatic heterocycles. The van der Waals surface area contributed by atoms with Crippen molar-refractivity contribution >= 4 is 29.7 Å². The largest absolute Gasteiger partial charge is 0.469 e. The van der Waals surface area contributed by atoms with Crippen molar-refractivity contribution < 1.29 is 42.9 Å². The molecule has 0 radical (unpaired) electrons. The van der Waals surface area contributed by atoms with E-state index in [1.54, 1.807) is 20.8 Å². The van der Waals surface area contributed by atoms with Crippen LogP contribution in [0, 0.1) is 17.8 Å². The van der Waals surface area contributed by atoms with Crippen LogP contribution in [0.25, 0.3) is 0 Å². The van der Waals surface area contributed by atoms with Gasteiger partial charge < -0.3 is 18.9 Å². The minimum Gasteiger partial charge on any atom is -0.469 e. The lowest BCUT2D eigenvalue weighted by Gasteiger charge is -2.26. The summed E-state index contributed by atoms with van der Waals surface area (Å²) in [6.07, 6.45) is 1.13. The van der Waals surface area contributed by atoms with E-state index in [1.165, 1.54) is 13.2 Å². The lowest BCUT2D eigenvalue weighted by molar-refractivity contribution is -0.166. The molecule has 0 aromatic rings. The van der Waals surface area contributed by atoms with Crippen molar-refractivity contribution in [3.63, 3.8) is 0 Å². The summed E-state index contributed by atoms with van der Waals surface area (Å²) >= 11 is 0. The molecule has 0 heterocycles. The molecule has 0 amide bonds. The Labute approximate surface area is 163 Å². The molecule has 0 saturated heterocycles. The number of carbonyl (C=O) groups excluding carboxylic acids is 5. The summed E-state index contributed by atoms with van der Waals surface area (Å²) < 4.78 is 19.5. The van der Waals surface area contributed by atoms with Crippen molar-refractivity contribution in [1.29, 1.82) is 0 Å². The summed E-state index contributed by atoms with van der Waals surface area (Å²) in [7, 11) is 1.22. The molecular weight excluding hydrogens is 372 g/mol. The molecule has 156 valence electrons. The molecule has 0 bridgehead atoms. The fraction of sp³-hybridized carbons (Fsp3) is 0.632. The van der Waals surface area contributed by atoms with Crippen molar-refractivity contribution in [3.8, 4) is 0 Å². The van der Waals surface area contributed by atoms with Crippen LogP contribution in [-0.4, -0.2) is 56.6 Å². The lowest BCUT2D eigenvalue weighted by atomic mass is 9.78. The average molecular weight is 398 g/mol. The molecule has 0 saturated carbocycles. The summed E-state index contributed by atoms with van der Waals surface area (Å²) in [6, 6.07) is 0. The van der Waals surface area contributed by atoms with Crippen LogP contribution in [0.15, 0.2) is 11.6 Å². The number of allylic oxidation sites excluding steroid dienone is 2. The van der Waals surface area contributed by atoms with Gasteiger partial charge in [0.1, 0.15) is 5.92 Å². The third kappa shape index (κ3) is 5.64. The number of esters is 4. The van der Waals surface area contributed by atoms with Gasteiger partial charge in [0, 0.05) is 12.3 Å². The van der Waals surface area contributed by atoms with E-state index in [0.29, 0.717) is 5.57 Å². The fourth-order valence-corrected chi connectivity index (χ4v) is 3.10. The molecule has 1 aliphatic rings. The van der Waals surface area contributed by atoms with E-state index >= 15 is 0 Å². The molecule has 0 aliphatic heterocycles. The number of rotatable bonds is 10. The van der Waals surface area contributed by atoms with Crippen LogP contribution >= 0.6 is 0 Å². The Kier molecular flexibility index (Phi) is 9.34. The summed E-state index contributed by atoms with van der Waals surface area (Å²) in [5.74, 6) is -7.83. The second-order valence-corrected chi connectivity index (χ2v) is 5.94. The first-order chi connectivity index (χ1) is 13.3. The highest BCUT2D eigenvalue weighted by atomic mass is 16.6. The first kappa shape index (κ1) is 23.3. The van der Waals surface area contributed by atoms with E-state index in [1.807, 2.05) is 0 Å². The van der Waals surface area contributed by atoms with Gasteiger partial charge in [0.25, 0.3) is 0 Å². The van der Waals surface area contributed by atoms with Gasteiger partial charge in [-0.15, -0.1) is 0 Å². The molecule has 0 unspecified atom stereocenters. The van der Waals surface area contributed by atoms with Crippen LogP contribution in [-0.2, 0) is 42.9 Å². The molecule has 1 rings (SSSR count). The summed E-state index contributed by atoms with van der Waals surface area (Å²) in [4.78, 5) is 61.4. The molecule has 0 aromatic carbocycles. The molecule has 0 spiro atoms. The Morgan fingerprint density at radius 3 is 1.96 bits per heavy atom. The van der Waals surface area contributed by atoms with Crippen LogP contribution < -0.4 is 0 Å². The second kappa shape index (κ2) is 11.2. The van der Waals surface area contributed by atoms with Gasteiger partial charge in [0.05, 0.1) is 26.9 Å². The van der Waals surface area contributed by atoms with Crippen LogP contribution in [0.3, 0.4) is 0 Å². The molecule has 1 aliphatic carbocycles. The molecule has 9 heteroatoms. The van der Waals surface area contributed by atoms with Crippen molar-refractivity contribution in [3.05, 3.63) is 11.6 Å². The van der Waals surface area contributed by atoms with Crippen LogP contribution in [0.4, 0.5) is 0 Å². The number of hydrogen-bond donors (Lipinski definition) is 0. The smallest absolute Gasteiger partial charge is 0.320 e. The van der Waals surface area contributed by atoms with Crippen molar-refractivity contribution in [2.75, 3.05) is 26.9 Å². The molecular formula is C19H26O9. The van der Waals surface area contributed by atoms with Gasteiger partial charge in [-0.25, -0.2) is 0 Å². The highest BCUT2D eigenvalue weighted by Crippen LogP contribution is 2.40. The molecule has 0 fully saturated rings. The van der Waals surface area contributed by atoms with E-state index in [9.17, 15) is 24.0 Å². The zero-order chi connectivity index (χ0) is 21.3. The molecule has 28 heavy (non-hydrogen) atoms. The highest BCUT2D eigenvalue weighted by molar-refractivity contribution is 6.10. The summed E-state index contributed by atoms with van der Waals surface area (Å²) in [5, 5.41) is 0. The fourth-order valence-electron chi connectivity index (χ4n) is 3.10. The maximum atomic E-state index is 12.5.